The van der Waals surface area contributed by atoms with Crippen molar-refractivity contribution >= 4 is 39.2 Å². The number of nitrogens with two attached hydrogens (primary N) is 1. The molecule has 2 heterocycles. The van der Waals surface area contributed by atoms with E-state index in [1.165, 1.54) is 11.3 Å². The first kappa shape index (κ1) is 12.9. The van der Waals surface area contributed by atoms with Crippen molar-refractivity contribution in [3.05, 3.63) is 35.6 Å². The molecule has 0 radical (unpaired) electrons. The molecule has 0 amide bonds. The van der Waals surface area contributed by atoms with Gasteiger partial charge < -0.3 is 5.73 Å². The van der Waals surface area contributed by atoms with E-state index in [9.17, 15) is 0 Å². The second kappa shape index (κ2) is 5.00. The maximum atomic E-state index is 5.99. The third-order valence-electron chi connectivity index (χ3n) is 2.52. The second-order valence-corrected chi connectivity index (χ2v) is 5.26. The predicted molar refractivity (Wildman–Crippen MR) is 80.6 cm³/mol. The number of allylic oxidation sites excluding steroid dienone is 1. The van der Waals surface area contributed by atoms with Gasteiger partial charge in [0.25, 0.3) is 0 Å². The van der Waals surface area contributed by atoms with Gasteiger partial charge in [-0.3, -0.25) is 4.57 Å². The van der Waals surface area contributed by atoms with E-state index in [2.05, 4.69) is 11.6 Å². The standard InChI is InChI=1S/C13H14ClN3S/c1-4-5-17-12(10-6-11(15)18-7-10)9(3)16-13(17)8(2)14/h4-7H,2,15H2,1,3H3/b5-4-. The molecule has 3 nitrogen and oxygen atoms in total. The Morgan fingerprint density at radius 2 is 2.33 bits per heavy atom. The summed E-state index contributed by atoms with van der Waals surface area (Å²) in [5.74, 6) is 0.659. The summed E-state index contributed by atoms with van der Waals surface area (Å²) in [5, 5.41) is 3.22. The van der Waals surface area contributed by atoms with Crippen molar-refractivity contribution in [3.63, 3.8) is 0 Å². The lowest BCUT2D eigenvalue weighted by Crippen LogP contribution is -1.94. The van der Waals surface area contributed by atoms with Gasteiger partial charge in [-0.05, 0) is 19.9 Å². The Morgan fingerprint density at radius 1 is 1.61 bits per heavy atom. The summed E-state index contributed by atoms with van der Waals surface area (Å²) in [5.41, 5.74) is 8.73. The van der Waals surface area contributed by atoms with Crippen LogP contribution in [-0.2, 0) is 0 Å². The van der Waals surface area contributed by atoms with E-state index in [1.54, 1.807) is 0 Å². The number of imidazole rings is 1. The fraction of sp³-hybridized carbons (Fsp3) is 0.154. The monoisotopic (exact) mass is 279 g/mol. The van der Waals surface area contributed by atoms with Crippen LogP contribution in [0.25, 0.3) is 22.5 Å². The molecule has 2 aromatic rings. The molecule has 2 rings (SSSR count). The number of aromatic nitrogens is 2. The highest BCUT2D eigenvalue weighted by Crippen LogP contribution is 2.32. The topological polar surface area (TPSA) is 43.8 Å². The highest BCUT2D eigenvalue weighted by molar-refractivity contribution is 7.14. The summed E-state index contributed by atoms with van der Waals surface area (Å²) in [4.78, 5) is 4.46. The van der Waals surface area contributed by atoms with Crippen LogP contribution in [-0.4, -0.2) is 9.55 Å². The van der Waals surface area contributed by atoms with E-state index in [4.69, 9.17) is 17.3 Å². The highest BCUT2D eigenvalue weighted by Gasteiger charge is 2.16. The highest BCUT2D eigenvalue weighted by atomic mass is 35.5. The molecule has 94 valence electrons. The molecule has 0 aliphatic heterocycles. The van der Waals surface area contributed by atoms with Crippen LogP contribution in [0.15, 0.2) is 24.1 Å². The van der Waals surface area contributed by atoms with Crippen molar-refractivity contribution in [3.8, 4) is 11.3 Å². The average Bonchev–Trinajstić information content (AvgIpc) is 2.84. The van der Waals surface area contributed by atoms with Crippen LogP contribution >= 0.6 is 22.9 Å². The van der Waals surface area contributed by atoms with Crippen LogP contribution in [0.5, 0.6) is 0 Å². The molecule has 0 atom stereocenters. The summed E-state index contributed by atoms with van der Waals surface area (Å²) in [7, 11) is 0. The van der Waals surface area contributed by atoms with Crippen LogP contribution in [0.3, 0.4) is 0 Å². The van der Waals surface area contributed by atoms with Crippen molar-refractivity contribution in [2.45, 2.75) is 13.8 Å². The van der Waals surface area contributed by atoms with E-state index in [0.29, 0.717) is 10.9 Å². The van der Waals surface area contributed by atoms with Gasteiger partial charge in [-0.2, -0.15) is 0 Å². The minimum absolute atomic E-state index is 0.422. The quantitative estimate of drug-likeness (QED) is 0.915. The zero-order valence-electron chi connectivity index (χ0n) is 10.3. The molecule has 0 aliphatic carbocycles. The maximum Gasteiger partial charge on any atom is 0.155 e. The van der Waals surface area contributed by atoms with Crippen molar-refractivity contribution in [1.82, 2.24) is 9.55 Å². The van der Waals surface area contributed by atoms with Gasteiger partial charge >= 0.3 is 0 Å². The first-order valence-corrected chi connectivity index (χ1v) is 6.71. The van der Waals surface area contributed by atoms with Crippen molar-refractivity contribution in [2.75, 3.05) is 5.73 Å². The number of thiophene rings is 1. The Hall–Kier alpha value is -1.52. The Kier molecular flexibility index (Phi) is 3.59. The Bertz CT molecular complexity index is 622. The molecule has 0 saturated heterocycles. The molecule has 0 bridgehead atoms. The van der Waals surface area contributed by atoms with Gasteiger partial charge in [-0.25, -0.2) is 4.98 Å². The van der Waals surface area contributed by atoms with Crippen LogP contribution in [0.4, 0.5) is 5.00 Å². The number of nitrogens with zero attached hydrogens (tertiary/aromatic N) is 2. The smallest absolute Gasteiger partial charge is 0.155 e. The zero-order valence-corrected chi connectivity index (χ0v) is 11.8. The van der Waals surface area contributed by atoms with Gasteiger partial charge in [-0.15, -0.1) is 11.3 Å². The largest absolute Gasteiger partial charge is 0.391 e. The molecule has 18 heavy (non-hydrogen) atoms. The molecule has 0 unspecified atom stereocenters. The normalized spacial score (nSPS) is 11.3. The molecule has 2 N–H and O–H groups in total. The van der Waals surface area contributed by atoms with Crippen LogP contribution in [0.2, 0.25) is 0 Å². The van der Waals surface area contributed by atoms with Gasteiger partial charge in [-0.1, -0.05) is 24.3 Å². The number of hydrogen-bond acceptors (Lipinski definition) is 3. The lowest BCUT2D eigenvalue weighted by atomic mass is 10.2. The van der Waals surface area contributed by atoms with Crippen LogP contribution in [0, 0.1) is 6.92 Å². The first-order valence-electron chi connectivity index (χ1n) is 5.45. The van der Waals surface area contributed by atoms with E-state index in [1.807, 2.05) is 42.1 Å². The van der Waals surface area contributed by atoms with E-state index >= 15 is 0 Å². The first-order chi connectivity index (χ1) is 8.54. The van der Waals surface area contributed by atoms with Crippen LogP contribution < -0.4 is 5.73 Å². The maximum absolute atomic E-state index is 5.99. The summed E-state index contributed by atoms with van der Waals surface area (Å²) in [6, 6.07) is 1.94. The number of rotatable bonds is 3. The van der Waals surface area contributed by atoms with Gasteiger partial charge in [0.05, 0.1) is 21.4 Å². The summed E-state index contributed by atoms with van der Waals surface area (Å²) in [6.07, 6.45) is 3.86. The third-order valence-corrected chi connectivity index (χ3v) is 3.45. The minimum atomic E-state index is 0.422. The lowest BCUT2D eigenvalue weighted by Gasteiger charge is -2.05. The van der Waals surface area contributed by atoms with E-state index < -0.39 is 0 Å². The Labute approximate surface area is 115 Å². The zero-order chi connectivity index (χ0) is 13.3. The number of aryl methyl sites for hydroxylation is 1. The SMILES string of the molecule is C=C(Cl)c1nc(C)c(-c2csc(N)c2)n1/C=C\C. The second-order valence-electron chi connectivity index (χ2n) is 3.86. The van der Waals surface area contributed by atoms with Gasteiger partial charge in [0.1, 0.15) is 0 Å². The predicted octanol–water partition coefficient (Wildman–Crippen LogP) is 4.20. The number of hydrogen-bond donors (Lipinski definition) is 1. The number of nitrogen functional groups attached to an aromatic ring is 1. The molecule has 0 saturated carbocycles. The summed E-state index contributed by atoms with van der Waals surface area (Å²) < 4.78 is 1.94. The molecular formula is C13H14ClN3S. The molecule has 0 aromatic carbocycles. The van der Waals surface area contributed by atoms with Gasteiger partial charge in [0.15, 0.2) is 5.82 Å². The van der Waals surface area contributed by atoms with Gasteiger partial charge in [0.2, 0.25) is 0 Å². The average molecular weight is 280 g/mol. The Balaban J connectivity index is 2.69. The van der Waals surface area contributed by atoms with Crippen molar-refractivity contribution < 1.29 is 0 Å². The van der Waals surface area contributed by atoms with Crippen molar-refractivity contribution in [1.29, 1.82) is 0 Å². The molecule has 2 aromatic heterocycles. The molecule has 0 fully saturated rings. The van der Waals surface area contributed by atoms with Crippen LogP contribution in [0.1, 0.15) is 18.4 Å². The van der Waals surface area contributed by atoms with E-state index in [0.717, 1.165) is 22.0 Å². The number of anilines is 1. The van der Waals surface area contributed by atoms with Crippen molar-refractivity contribution in [2.24, 2.45) is 0 Å². The fourth-order valence-corrected chi connectivity index (χ4v) is 2.63. The van der Waals surface area contributed by atoms with E-state index in [-0.39, 0.29) is 0 Å². The summed E-state index contributed by atoms with van der Waals surface area (Å²) >= 11 is 7.50. The Morgan fingerprint density at radius 3 is 2.83 bits per heavy atom. The lowest BCUT2D eigenvalue weighted by molar-refractivity contribution is 1.10. The molecule has 0 spiro atoms. The molecule has 0 aliphatic rings. The summed E-state index contributed by atoms with van der Waals surface area (Å²) in [6.45, 7) is 7.64. The third kappa shape index (κ3) is 2.21. The van der Waals surface area contributed by atoms with Gasteiger partial charge in [0, 0.05) is 17.1 Å². The molecular weight excluding hydrogens is 266 g/mol. The molecule has 5 heteroatoms. The fourth-order valence-electron chi connectivity index (χ4n) is 1.86. The minimum Gasteiger partial charge on any atom is -0.391 e. The number of halogens is 1.